The molecule has 0 saturated heterocycles. The average Bonchev–Trinajstić information content (AvgIpc) is 1.06. The van der Waals surface area contributed by atoms with Crippen molar-refractivity contribution < 1.29 is 4.74 Å². The van der Waals surface area contributed by atoms with Gasteiger partial charge < -0.3 is 18.8 Å². The molecule has 434 valence electrons. The maximum atomic E-state index is 7.53. The molecule has 0 bridgehead atoms. The van der Waals surface area contributed by atoms with Gasteiger partial charge in [0.2, 0.25) is 0 Å². The summed E-state index contributed by atoms with van der Waals surface area (Å²) in [7, 11) is 0. The highest BCUT2D eigenvalue weighted by atomic mass is 16.5. The molecule has 4 nitrogen and oxygen atoms in total. The van der Waals surface area contributed by atoms with E-state index >= 15 is 0 Å². The molecular weight excluding hydrogens is 1050 g/mol. The average molecular weight is 1140 g/mol. The summed E-state index contributed by atoms with van der Waals surface area (Å²) in [5.41, 5.74) is 25.9. The van der Waals surface area contributed by atoms with Gasteiger partial charge in [-0.05, 0) is 184 Å². The Morgan fingerprint density at radius 1 is 0.345 bits per heavy atom. The Hall–Kier alpha value is -8.54. The van der Waals surface area contributed by atoms with Crippen LogP contribution in [0.3, 0.4) is 0 Å². The van der Waals surface area contributed by atoms with Crippen LogP contribution in [0, 0.1) is 0 Å². The molecule has 0 aliphatic carbocycles. The summed E-state index contributed by atoms with van der Waals surface area (Å²) in [5, 5.41) is 5.13. The van der Waals surface area contributed by atoms with Gasteiger partial charge in [-0.15, -0.1) is 0 Å². The van der Waals surface area contributed by atoms with E-state index in [0.717, 1.165) is 35.8 Å². The number of benzene rings is 10. The zero-order valence-corrected chi connectivity index (χ0v) is 53.8. The predicted molar refractivity (Wildman–Crippen MR) is 374 cm³/mol. The summed E-state index contributed by atoms with van der Waals surface area (Å²) >= 11 is 0. The Kier molecular flexibility index (Phi) is 12.9. The quantitative estimate of drug-likeness (QED) is 0.148. The third-order valence-corrected chi connectivity index (χ3v) is 19.2. The van der Waals surface area contributed by atoms with E-state index in [0.29, 0.717) is 0 Å². The van der Waals surface area contributed by atoms with Crippen LogP contribution in [-0.2, 0) is 33.5 Å². The van der Waals surface area contributed by atoms with E-state index in [2.05, 4.69) is 318 Å². The number of nitrogens with zero attached hydrogens (tertiary/aromatic N) is 3. The number of hydrogen-bond acceptors (Lipinski definition) is 2. The molecule has 2 aliphatic heterocycles. The van der Waals surface area contributed by atoms with Crippen LogP contribution in [0.15, 0.2) is 200 Å². The molecule has 12 aromatic rings. The lowest BCUT2D eigenvalue weighted by atomic mass is 9.34. The smallest absolute Gasteiger partial charge is 0.256 e. The van der Waals surface area contributed by atoms with Crippen LogP contribution in [0.2, 0.25) is 0 Å². The summed E-state index contributed by atoms with van der Waals surface area (Å²) in [6, 6.07) is 76.7. The summed E-state index contributed by atoms with van der Waals surface area (Å²) in [6.07, 6.45) is 0.798. The molecule has 14 rings (SSSR count). The van der Waals surface area contributed by atoms with Crippen molar-refractivity contribution in [2.45, 2.75) is 137 Å². The second-order valence-electron chi connectivity index (χ2n) is 30.2. The fraction of sp³-hybridized carbons (Fsp3) is 0.268. The van der Waals surface area contributed by atoms with E-state index in [-0.39, 0.29) is 33.8 Å². The third-order valence-electron chi connectivity index (χ3n) is 19.2. The Morgan fingerprint density at radius 2 is 0.759 bits per heavy atom. The number of ether oxygens (including phenoxy) is 1. The molecule has 0 unspecified atom stereocenters. The van der Waals surface area contributed by atoms with Crippen molar-refractivity contribution in [1.29, 1.82) is 0 Å². The van der Waals surface area contributed by atoms with Gasteiger partial charge in [-0.1, -0.05) is 219 Å². The Balaban J connectivity index is 1.00. The maximum absolute atomic E-state index is 7.53. The van der Waals surface area contributed by atoms with Gasteiger partial charge in [-0.2, -0.15) is 0 Å². The van der Waals surface area contributed by atoms with Crippen molar-refractivity contribution in [2.75, 3.05) is 11.4 Å². The van der Waals surface area contributed by atoms with E-state index in [1.807, 2.05) is 0 Å². The van der Waals surface area contributed by atoms with Gasteiger partial charge in [0.25, 0.3) is 6.71 Å². The Bertz CT molecular complexity index is 4530. The lowest BCUT2D eigenvalue weighted by molar-refractivity contribution is 0.483. The molecule has 2 aliphatic rings. The molecule has 87 heavy (non-hydrogen) atoms. The van der Waals surface area contributed by atoms with Crippen molar-refractivity contribution in [1.82, 2.24) is 9.13 Å². The number of anilines is 2. The molecule has 0 spiro atoms. The monoisotopic (exact) mass is 1140 g/mol. The highest BCUT2D eigenvalue weighted by Crippen LogP contribution is 2.45. The number of aromatic nitrogens is 2. The van der Waals surface area contributed by atoms with Gasteiger partial charge in [-0.25, -0.2) is 0 Å². The van der Waals surface area contributed by atoms with Crippen LogP contribution in [0.5, 0.6) is 11.5 Å². The fourth-order valence-electron chi connectivity index (χ4n) is 14.1. The Morgan fingerprint density at radius 3 is 1.18 bits per heavy atom. The minimum Gasteiger partial charge on any atom is -0.458 e. The molecule has 0 amide bonds. The van der Waals surface area contributed by atoms with E-state index in [1.165, 1.54) is 127 Å². The lowest BCUT2D eigenvalue weighted by Crippen LogP contribution is -2.60. The van der Waals surface area contributed by atoms with Gasteiger partial charge in [0.1, 0.15) is 11.5 Å². The first-order chi connectivity index (χ1) is 41.3. The normalized spacial score (nSPS) is 13.6. The SMILES string of the molecule is CC(C)(C)c1cc2c3c(c1)N(CCc1c(-c4ccccc4)cccc1-c1ccccc1)c1cc(-n4c5ccc(C(C)(C)C)cc5c5cc(C(C)(C)C)ccc54)ccc1B3c1ccc(-n3c4ccc(C(C)(C)C)cc4c4cc(C(C)(C)C)ccc43)cc1O2. The van der Waals surface area contributed by atoms with E-state index in [9.17, 15) is 0 Å². The largest absolute Gasteiger partial charge is 0.458 e. The minimum atomic E-state index is -0.178. The lowest BCUT2D eigenvalue weighted by Gasteiger charge is -2.41. The minimum absolute atomic E-state index is 0.00219. The molecule has 0 fully saturated rings. The predicted octanol–water partition coefficient (Wildman–Crippen LogP) is 20.0. The van der Waals surface area contributed by atoms with E-state index in [4.69, 9.17) is 4.74 Å². The maximum Gasteiger partial charge on any atom is 0.256 e. The molecule has 4 heterocycles. The van der Waals surface area contributed by atoms with Crippen LogP contribution in [-0.4, -0.2) is 22.4 Å². The van der Waals surface area contributed by atoms with E-state index in [1.54, 1.807) is 0 Å². The first-order valence-electron chi connectivity index (χ1n) is 31.6. The highest BCUT2D eigenvalue weighted by molar-refractivity contribution is 6.99. The van der Waals surface area contributed by atoms with Crippen molar-refractivity contribution in [3.8, 4) is 45.1 Å². The van der Waals surface area contributed by atoms with Gasteiger partial charge in [0.15, 0.2) is 0 Å². The first kappa shape index (κ1) is 56.3. The van der Waals surface area contributed by atoms with Crippen molar-refractivity contribution in [3.05, 3.63) is 234 Å². The zero-order chi connectivity index (χ0) is 60.9. The van der Waals surface area contributed by atoms with Crippen molar-refractivity contribution in [3.63, 3.8) is 0 Å². The molecule has 0 N–H and O–H groups in total. The van der Waals surface area contributed by atoms with Crippen LogP contribution in [0.4, 0.5) is 11.4 Å². The molecule has 0 saturated carbocycles. The molecular formula is C82H82BN3O. The van der Waals surface area contributed by atoms with Crippen LogP contribution < -0.4 is 26.0 Å². The summed E-state index contributed by atoms with van der Waals surface area (Å²) in [5.74, 6) is 1.83. The third kappa shape index (κ3) is 9.59. The summed E-state index contributed by atoms with van der Waals surface area (Å²) in [4.78, 5) is 2.67. The Labute approximate surface area is 516 Å². The first-order valence-corrected chi connectivity index (χ1v) is 31.6. The van der Waals surface area contributed by atoms with Gasteiger partial charge in [0.05, 0.1) is 22.1 Å². The molecule has 2 aromatic heterocycles. The standard InChI is InChI=1S/C82H82BN3O/c1-78(2,3)53-29-37-69-63(43-53)64-44-54(79(4,5)6)30-38-70(64)85(69)58-33-35-67-73(49-58)84(42-41-62-60(51-23-18-16-19-24-51)27-22-28-61(62)52-25-20-17-21-26-52)74-47-57(82(13,14)15)48-76-77(74)83(67)68-36-34-59(50-75(68)87-76)86-71-39-31-55(80(7,8)9)45-65(71)66-46-56(81(10,11)12)32-40-72(66)86/h16-40,43-50H,41-42H2,1-15H3. The van der Waals surface area contributed by atoms with Crippen LogP contribution in [0.25, 0.3) is 77.2 Å². The van der Waals surface area contributed by atoms with Gasteiger partial charge >= 0.3 is 0 Å². The molecule has 0 radical (unpaired) electrons. The number of fused-ring (bicyclic) bond motifs is 10. The van der Waals surface area contributed by atoms with Gasteiger partial charge in [-0.3, -0.25) is 0 Å². The molecule has 10 aromatic carbocycles. The number of hydrogen-bond donors (Lipinski definition) is 0. The van der Waals surface area contributed by atoms with Crippen LogP contribution >= 0.6 is 0 Å². The fourth-order valence-corrected chi connectivity index (χ4v) is 14.1. The van der Waals surface area contributed by atoms with Gasteiger partial charge in [0, 0.05) is 56.9 Å². The van der Waals surface area contributed by atoms with Crippen molar-refractivity contribution in [2.24, 2.45) is 0 Å². The number of rotatable bonds is 7. The molecule has 0 atom stereocenters. The summed E-state index contributed by atoms with van der Waals surface area (Å²) < 4.78 is 12.5. The van der Waals surface area contributed by atoms with Crippen LogP contribution in [0.1, 0.15) is 137 Å². The molecule has 5 heteroatoms. The zero-order valence-electron chi connectivity index (χ0n) is 53.8. The topological polar surface area (TPSA) is 22.3 Å². The summed E-state index contributed by atoms with van der Waals surface area (Å²) in [6.45, 7) is 35.5. The highest BCUT2D eigenvalue weighted by Gasteiger charge is 2.43. The van der Waals surface area contributed by atoms with E-state index < -0.39 is 0 Å². The second kappa shape index (κ2) is 20.0. The van der Waals surface area contributed by atoms with Crippen molar-refractivity contribution >= 4 is 78.1 Å². The second-order valence-corrected chi connectivity index (χ2v) is 30.2.